The van der Waals surface area contributed by atoms with Crippen LogP contribution in [0.2, 0.25) is 5.02 Å². The highest BCUT2D eigenvalue weighted by molar-refractivity contribution is 6.30. The van der Waals surface area contributed by atoms with E-state index in [9.17, 15) is 9.59 Å². The molecule has 0 heterocycles. The van der Waals surface area contributed by atoms with Gasteiger partial charge < -0.3 is 10.2 Å². The largest absolute Gasteiger partial charge is 0.349 e. The van der Waals surface area contributed by atoms with Gasteiger partial charge in [-0.25, -0.2) is 0 Å². The Morgan fingerprint density at radius 1 is 1.21 bits per heavy atom. The van der Waals surface area contributed by atoms with Crippen LogP contribution in [-0.4, -0.2) is 29.8 Å². The second-order valence-electron chi connectivity index (χ2n) is 6.93. The van der Waals surface area contributed by atoms with Gasteiger partial charge >= 0.3 is 0 Å². The molecule has 0 spiro atoms. The zero-order valence-electron chi connectivity index (χ0n) is 14.7. The molecule has 4 nitrogen and oxygen atoms in total. The number of amides is 2. The average Bonchev–Trinajstić information content (AvgIpc) is 2.54. The molecule has 24 heavy (non-hydrogen) atoms. The maximum atomic E-state index is 12.7. The summed E-state index contributed by atoms with van der Waals surface area (Å²) in [5.74, 6) is 0.686. The summed E-state index contributed by atoms with van der Waals surface area (Å²) in [5, 5.41) is 3.52. The van der Waals surface area contributed by atoms with Crippen LogP contribution in [0, 0.1) is 5.92 Å². The Kier molecular flexibility index (Phi) is 6.67. The van der Waals surface area contributed by atoms with Crippen LogP contribution < -0.4 is 5.32 Å². The highest BCUT2D eigenvalue weighted by atomic mass is 35.5. The van der Waals surface area contributed by atoms with Gasteiger partial charge in [-0.2, -0.15) is 0 Å². The summed E-state index contributed by atoms with van der Waals surface area (Å²) >= 11 is 5.93. The first-order chi connectivity index (χ1) is 11.4. The second kappa shape index (κ2) is 8.52. The molecule has 1 saturated carbocycles. The molecule has 1 aliphatic carbocycles. The lowest BCUT2D eigenvalue weighted by molar-refractivity contribution is -0.133. The fraction of sp³-hybridized carbons (Fsp3) is 0.579. The van der Waals surface area contributed by atoms with E-state index in [1.165, 1.54) is 19.8 Å². The number of hydrogen-bond donors (Lipinski definition) is 1. The van der Waals surface area contributed by atoms with Crippen molar-refractivity contribution in [2.75, 3.05) is 7.05 Å². The molecule has 0 aromatic heterocycles. The van der Waals surface area contributed by atoms with Gasteiger partial charge in [0.15, 0.2) is 0 Å². The van der Waals surface area contributed by atoms with Gasteiger partial charge in [0.25, 0.3) is 0 Å². The van der Waals surface area contributed by atoms with Gasteiger partial charge in [0.1, 0.15) is 0 Å². The molecule has 1 fully saturated rings. The molecule has 0 saturated heterocycles. The van der Waals surface area contributed by atoms with Gasteiger partial charge in [0, 0.05) is 25.0 Å². The average molecular weight is 351 g/mol. The topological polar surface area (TPSA) is 49.4 Å². The maximum absolute atomic E-state index is 12.7. The lowest BCUT2D eigenvalue weighted by Gasteiger charge is -2.34. The van der Waals surface area contributed by atoms with Crippen LogP contribution in [0.3, 0.4) is 0 Å². The molecular weight excluding hydrogens is 324 g/mol. The van der Waals surface area contributed by atoms with Crippen molar-refractivity contribution in [1.29, 1.82) is 0 Å². The summed E-state index contributed by atoms with van der Waals surface area (Å²) in [5.41, 5.74) is 0.897. The molecule has 132 valence electrons. The molecule has 1 aliphatic rings. The van der Waals surface area contributed by atoms with Crippen molar-refractivity contribution < 1.29 is 9.59 Å². The molecular formula is C19H27ClN2O2. The van der Waals surface area contributed by atoms with Crippen molar-refractivity contribution in [2.24, 2.45) is 5.92 Å². The Morgan fingerprint density at radius 3 is 2.33 bits per heavy atom. The predicted molar refractivity (Wildman–Crippen MR) is 96.8 cm³/mol. The minimum absolute atomic E-state index is 0.0725. The first kappa shape index (κ1) is 18.8. The molecule has 1 unspecified atom stereocenters. The zero-order valence-corrected chi connectivity index (χ0v) is 15.5. The van der Waals surface area contributed by atoms with E-state index in [4.69, 9.17) is 11.6 Å². The van der Waals surface area contributed by atoms with Crippen molar-refractivity contribution in [3.05, 3.63) is 34.9 Å². The molecule has 1 N–H and O–H groups in total. The van der Waals surface area contributed by atoms with Crippen molar-refractivity contribution >= 4 is 23.4 Å². The second-order valence-corrected chi connectivity index (χ2v) is 7.36. The summed E-state index contributed by atoms with van der Waals surface area (Å²) < 4.78 is 0. The Labute approximate surface area is 149 Å². The minimum atomic E-state index is -0.322. The molecule has 2 rings (SSSR count). The summed E-state index contributed by atoms with van der Waals surface area (Å²) in [7, 11) is 1.88. The number of nitrogens with zero attached hydrogens (tertiary/aromatic N) is 1. The summed E-state index contributed by atoms with van der Waals surface area (Å²) in [6.07, 6.45) is 4.75. The summed E-state index contributed by atoms with van der Waals surface area (Å²) in [6, 6.07) is 7.27. The van der Waals surface area contributed by atoms with Crippen LogP contribution in [0.4, 0.5) is 0 Å². The van der Waals surface area contributed by atoms with Crippen LogP contribution in [0.25, 0.3) is 0 Å². The van der Waals surface area contributed by atoms with E-state index < -0.39 is 0 Å². The highest BCUT2D eigenvalue weighted by Crippen LogP contribution is 2.28. The van der Waals surface area contributed by atoms with Crippen LogP contribution in [-0.2, 0) is 9.59 Å². The quantitative estimate of drug-likeness (QED) is 0.874. The Hall–Kier alpha value is -1.55. The van der Waals surface area contributed by atoms with Gasteiger partial charge in [-0.15, -0.1) is 0 Å². The van der Waals surface area contributed by atoms with Crippen LogP contribution in [0.15, 0.2) is 24.3 Å². The van der Waals surface area contributed by atoms with Crippen molar-refractivity contribution in [2.45, 2.75) is 58.0 Å². The lowest BCUT2D eigenvalue weighted by atomic mass is 9.86. The Morgan fingerprint density at radius 2 is 1.79 bits per heavy atom. The number of rotatable bonds is 5. The van der Waals surface area contributed by atoms with E-state index in [0.717, 1.165) is 24.3 Å². The van der Waals surface area contributed by atoms with E-state index in [1.807, 2.05) is 24.1 Å². The molecule has 0 bridgehead atoms. The third kappa shape index (κ3) is 5.23. The Bertz CT molecular complexity index is 565. The van der Waals surface area contributed by atoms with Crippen molar-refractivity contribution in [3.8, 4) is 0 Å². The monoisotopic (exact) mass is 350 g/mol. The fourth-order valence-corrected chi connectivity index (χ4v) is 3.47. The van der Waals surface area contributed by atoms with Crippen molar-refractivity contribution in [1.82, 2.24) is 10.2 Å². The third-order valence-electron chi connectivity index (χ3n) is 4.96. The minimum Gasteiger partial charge on any atom is -0.349 e. The molecule has 1 aromatic carbocycles. The number of nitrogens with one attached hydrogen (secondary N) is 1. The molecule has 1 atom stereocenters. The van der Waals surface area contributed by atoms with Crippen molar-refractivity contribution in [3.63, 3.8) is 0 Å². The van der Waals surface area contributed by atoms with E-state index >= 15 is 0 Å². The number of carbonyl (C=O) groups is 2. The smallest absolute Gasteiger partial charge is 0.224 e. The molecule has 0 aliphatic heterocycles. The summed E-state index contributed by atoms with van der Waals surface area (Å²) in [4.78, 5) is 26.1. The number of carbonyl (C=O) groups excluding carboxylic acids is 2. The van der Waals surface area contributed by atoms with Crippen LogP contribution in [0.5, 0.6) is 0 Å². The number of halogens is 1. The van der Waals surface area contributed by atoms with Gasteiger partial charge in [-0.3, -0.25) is 9.59 Å². The number of hydrogen-bond acceptors (Lipinski definition) is 2. The molecule has 2 amide bonds. The van der Waals surface area contributed by atoms with E-state index in [-0.39, 0.29) is 24.3 Å². The predicted octanol–water partition coefficient (Wildman–Crippen LogP) is 3.94. The maximum Gasteiger partial charge on any atom is 0.224 e. The van der Waals surface area contributed by atoms with Crippen LogP contribution >= 0.6 is 11.6 Å². The summed E-state index contributed by atoms with van der Waals surface area (Å²) in [6.45, 7) is 3.74. The van der Waals surface area contributed by atoms with Gasteiger partial charge in [-0.1, -0.05) is 30.7 Å². The third-order valence-corrected chi connectivity index (χ3v) is 5.21. The van der Waals surface area contributed by atoms with Gasteiger partial charge in [0.2, 0.25) is 11.8 Å². The first-order valence-corrected chi connectivity index (χ1v) is 9.03. The molecule has 0 radical (unpaired) electrons. The Balaban J connectivity index is 2.03. The first-order valence-electron chi connectivity index (χ1n) is 8.65. The SMILES string of the molecule is CC(=O)NC(CC(=O)N(C)C1CCC(C)CC1)c1ccc(Cl)cc1. The van der Waals surface area contributed by atoms with E-state index in [1.54, 1.807) is 12.1 Å². The molecule has 1 aromatic rings. The van der Waals surface area contributed by atoms with Gasteiger partial charge in [-0.05, 0) is 49.3 Å². The zero-order chi connectivity index (χ0) is 17.7. The van der Waals surface area contributed by atoms with E-state index in [2.05, 4.69) is 12.2 Å². The molecule has 5 heteroatoms. The van der Waals surface area contributed by atoms with Crippen LogP contribution in [0.1, 0.15) is 57.6 Å². The lowest BCUT2D eigenvalue weighted by Crippen LogP contribution is -2.41. The highest BCUT2D eigenvalue weighted by Gasteiger charge is 2.27. The fourth-order valence-electron chi connectivity index (χ4n) is 3.34. The normalized spacial score (nSPS) is 21.8. The standard InChI is InChI=1S/C19H27ClN2O2/c1-13-4-10-17(11-5-13)22(3)19(24)12-18(21-14(2)23)15-6-8-16(20)9-7-15/h6-9,13,17-18H,4-5,10-12H2,1-3H3,(H,21,23). The number of benzene rings is 1. The van der Waals surface area contributed by atoms with Gasteiger partial charge in [0.05, 0.1) is 12.5 Å². The van der Waals surface area contributed by atoms with E-state index in [0.29, 0.717) is 11.1 Å².